The van der Waals surface area contributed by atoms with Crippen molar-refractivity contribution >= 4 is 17.5 Å². The van der Waals surface area contributed by atoms with Gasteiger partial charge in [-0.2, -0.15) is 4.57 Å². The molecule has 0 bridgehead atoms. The van der Waals surface area contributed by atoms with Crippen LogP contribution in [-0.4, -0.2) is 11.8 Å². The Balaban J connectivity index is 1.90. The van der Waals surface area contributed by atoms with Gasteiger partial charge in [0.25, 0.3) is 0 Å². The molecule has 1 aliphatic carbocycles. The number of rotatable bonds is 1. The topological polar surface area (TPSA) is 50.1 Å². The van der Waals surface area contributed by atoms with Crippen molar-refractivity contribution < 1.29 is 14.2 Å². The van der Waals surface area contributed by atoms with Crippen LogP contribution >= 0.6 is 0 Å². The highest BCUT2D eigenvalue weighted by Crippen LogP contribution is 2.33. The highest BCUT2D eigenvalue weighted by atomic mass is 16.2. The zero-order valence-corrected chi connectivity index (χ0v) is 9.30. The van der Waals surface area contributed by atoms with E-state index < -0.39 is 0 Å². The highest BCUT2D eigenvalue weighted by Gasteiger charge is 2.44. The lowest BCUT2D eigenvalue weighted by molar-refractivity contribution is -0.584. The Bertz CT molecular complexity index is 507. The molecule has 0 saturated carbocycles. The van der Waals surface area contributed by atoms with Crippen LogP contribution in [0.2, 0.25) is 0 Å². The van der Waals surface area contributed by atoms with Crippen LogP contribution in [0.15, 0.2) is 36.7 Å². The molecule has 1 N–H and O–H groups in total. The first-order valence-electron chi connectivity index (χ1n) is 5.76. The van der Waals surface area contributed by atoms with Crippen LogP contribution < -0.4 is 9.88 Å². The Labute approximate surface area is 99.0 Å². The number of hydrogen-bond donors (Lipinski definition) is 1. The van der Waals surface area contributed by atoms with Gasteiger partial charge < -0.3 is 0 Å². The fraction of sp³-hybridized carbons (Fsp3) is 0.308. The summed E-state index contributed by atoms with van der Waals surface area (Å²) in [5.74, 6) is -0.582. The molecule has 1 aliphatic heterocycles. The fourth-order valence-corrected chi connectivity index (χ4v) is 2.55. The molecular formula is C13H13N2O2+. The van der Waals surface area contributed by atoms with Gasteiger partial charge in [0.2, 0.25) is 11.8 Å². The molecule has 3 rings (SSSR count). The van der Waals surface area contributed by atoms with E-state index in [0.717, 1.165) is 5.70 Å². The third kappa shape index (κ3) is 1.65. The number of nitrogens with one attached hydrogen (secondary N) is 1. The van der Waals surface area contributed by atoms with Crippen LogP contribution in [0.3, 0.4) is 0 Å². The Hall–Kier alpha value is -1.97. The summed E-state index contributed by atoms with van der Waals surface area (Å²) >= 11 is 0. The summed E-state index contributed by atoms with van der Waals surface area (Å²) in [4.78, 5) is 23.1. The highest BCUT2D eigenvalue weighted by molar-refractivity contribution is 6.05. The average Bonchev–Trinajstić information content (AvgIpc) is 2.66. The summed E-state index contributed by atoms with van der Waals surface area (Å²) in [6.45, 7) is 0. The van der Waals surface area contributed by atoms with Crippen LogP contribution in [0.4, 0.5) is 0 Å². The van der Waals surface area contributed by atoms with Crippen molar-refractivity contribution in [3.8, 4) is 0 Å². The lowest BCUT2D eigenvalue weighted by atomic mass is 9.83. The molecule has 2 heterocycles. The molecule has 1 fully saturated rings. The molecule has 86 valence electrons. The van der Waals surface area contributed by atoms with Gasteiger partial charge in [-0.1, -0.05) is 6.07 Å². The molecule has 2 amide bonds. The minimum absolute atomic E-state index is 0.117. The van der Waals surface area contributed by atoms with Crippen molar-refractivity contribution in [1.29, 1.82) is 0 Å². The third-order valence-corrected chi connectivity index (χ3v) is 3.49. The summed E-state index contributed by atoms with van der Waals surface area (Å²) in [5, 5.41) is 2.41. The van der Waals surface area contributed by atoms with Crippen molar-refractivity contribution in [2.45, 2.75) is 12.8 Å². The number of carbonyl (C=O) groups excluding carboxylic acids is 2. The summed E-state index contributed by atoms with van der Waals surface area (Å²) in [5.41, 5.74) is 1.09. The molecule has 0 spiro atoms. The SMILES string of the molecule is O=C1NC(=O)C2CC([n+]3ccccc3)=CCC12. The maximum atomic E-state index is 11.6. The van der Waals surface area contributed by atoms with E-state index in [1.165, 1.54) is 0 Å². The molecule has 17 heavy (non-hydrogen) atoms. The van der Waals surface area contributed by atoms with Crippen LogP contribution in [-0.2, 0) is 9.59 Å². The number of allylic oxidation sites excluding steroid dienone is 2. The van der Waals surface area contributed by atoms with E-state index in [4.69, 9.17) is 0 Å². The summed E-state index contributed by atoms with van der Waals surface area (Å²) in [6.07, 6.45) is 7.26. The van der Waals surface area contributed by atoms with Gasteiger partial charge in [0.05, 0.1) is 11.8 Å². The van der Waals surface area contributed by atoms with E-state index in [0.29, 0.717) is 12.8 Å². The maximum Gasteiger partial charge on any atom is 0.231 e. The number of imide groups is 1. The minimum Gasteiger partial charge on any atom is -0.296 e. The first-order valence-corrected chi connectivity index (χ1v) is 5.76. The third-order valence-electron chi connectivity index (χ3n) is 3.49. The zero-order chi connectivity index (χ0) is 11.8. The Morgan fingerprint density at radius 1 is 1.06 bits per heavy atom. The van der Waals surface area contributed by atoms with Crippen molar-refractivity contribution in [2.24, 2.45) is 11.8 Å². The molecule has 2 aliphatic rings. The van der Waals surface area contributed by atoms with Crippen molar-refractivity contribution in [2.75, 3.05) is 0 Å². The number of pyridine rings is 1. The normalized spacial score (nSPS) is 27.4. The number of nitrogens with zero attached hydrogens (tertiary/aromatic N) is 1. The van der Waals surface area contributed by atoms with E-state index >= 15 is 0 Å². The number of hydrogen-bond acceptors (Lipinski definition) is 2. The molecule has 4 nitrogen and oxygen atoms in total. The summed E-state index contributed by atoms with van der Waals surface area (Å²) in [6, 6.07) is 5.86. The van der Waals surface area contributed by atoms with Crippen molar-refractivity contribution in [3.63, 3.8) is 0 Å². The monoisotopic (exact) mass is 229 g/mol. The molecule has 1 aromatic heterocycles. The van der Waals surface area contributed by atoms with E-state index in [1.807, 2.05) is 35.2 Å². The predicted octanol–water partition coefficient (Wildman–Crippen LogP) is 0.498. The van der Waals surface area contributed by atoms with Gasteiger partial charge >= 0.3 is 0 Å². The lowest BCUT2D eigenvalue weighted by Gasteiger charge is -2.17. The fourth-order valence-electron chi connectivity index (χ4n) is 2.55. The van der Waals surface area contributed by atoms with Crippen molar-refractivity contribution in [1.82, 2.24) is 5.32 Å². The molecule has 1 saturated heterocycles. The van der Waals surface area contributed by atoms with E-state index in [1.54, 1.807) is 0 Å². The van der Waals surface area contributed by atoms with Gasteiger partial charge in [0.15, 0.2) is 18.1 Å². The maximum absolute atomic E-state index is 11.6. The number of fused-ring (bicyclic) bond motifs is 1. The standard InChI is InChI=1S/C13H12N2O2/c16-12-10-5-4-9(8-11(10)13(17)14-12)15-6-2-1-3-7-15/h1-4,6-7,10-11H,5,8H2/p+1. The van der Waals surface area contributed by atoms with Gasteiger partial charge in [-0.3, -0.25) is 14.9 Å². The average molecular weight is 229 g/mol. The Morgan fingerprint density at radius 3 is 2.53 bits per heavy atom. The molecule has 4 heteroatoms. The first-order chi connectivity index (χ1) is 8.25. The largest absolute Gasteiger partial charge is 0.296 e. The number of carbonyl (C=O) groups is 2. The first kappa shape index (κ1) is 10.2. The Kier molecular flexibility index (Phi) is 2.28. The van der Waals surface area contributed by atoms with Crippen LogP contribution in [0, 0.1) is 11.8 Å². The molecule has 1 aromatic rings. The molecular weight excluding hydrogens is 216 g/mol. The van der Waals surface area contributed by atoms with Gasteiger partial charge in [-0.15, -0.1) is 0 Å². The lowest BCUT2D eigenvalue weighted by Crippen LogP contribution is -2.36. The predicted molar refractivity (Wildman–Crippen MR) is 60.3 cm³/mol. The van der Waals surface area contributed by atoms with Gasteiger partial charge in [0, 0.05) is 18.6 Å². The van der Waals surface area contributed by atoms with E-state index in [9.17, 15) is 9.59 Å². The van der Waals surface area contributed by atoms with Crippen molar-refractivity contribution in [3.05, 3.63) is 36.7 Å². The van der Waals surface area contributed by atoms with Crippen LogP contribution in [0.5, 0.6) is 0 Å². The second kappa shape index (κ2) is 3.80. The zero-order valence-electron chi connectivity index (χ0n) is 9.30. The smallest absolute Gasteiger partial charge is 0.231 e. The molecule has 0 aromatic carbocycles. The minimum atomic E-state index is -0.185. The number of amides is 2. The van der Waals surface area contributed by atoms with Crippen LogP contribution in [0.25, 0.3) is 5.70 Å². The second-order valence-electron chi connectivity index (χ2n) is 4.48. The second-order valence-corrected chi connectivity index (χ2v) is 4.48. The summed E-state index contributed by atoms with van der Waals surface area (Å²) in [7, 11) is 0. The van der Waals surface area contributed by atoms with Gasteiger partial charge in [0.1, 0.15) is 0 Å². The van der Waals surface area contributed by atoms with Gasteiger partial charge in [-0.05, 0) is 12.5 Å². The van der Waals surface area contributed by atoms with Gasteiger partial charge in [-0.25, -0.2) is 0 Å². The Morgan fingerprint density at radius 2 is 1.76 bits per heavy atom. The molecule has 2 unspecified atom stereocenters. The quantitative estimate of drug-likeness (QED) is 0.563. The number of aromatic nitrogens is 1. The summed E-state index contributed by atoms with van der Waals surface area (Å²) < 4.78 is 2.01. The molecule has 0 radical (unpaired) electrons. The van der Waals surface area contributed by atoms with E-state index in [-0.39, 0.29) is 23.7 Å². The van der Waals surface area contributed by atoms with Crippen LogP contribution in [0.1, 0.15) is 12.8 Å². The van der Waals surface area contributed by atoms with E-state index in [2.05, 4.69) is 11.4 Å². The molecule has 2 atom stereocenters.